The number of amides is 2. The van der Waals surface area contributed by atoms with Gasteiger partial charge in [0.05, 0.1) is 11.9 Å². The Morgan fingerprint density at radius 1 is 0.927 bits per heavy atom. The van der Waals surface area contributed by atoms with E-state index >= 15 is 0 Å². The van der Waals surface area contributed by atoms with Crippen molar-refractivity contribution in [1.29, 1.82) is 0 Å². The summed E-state index contributed by atoms with van der Waals surface area (Å²) in [6.45, 7) is 4.51. The van der Waals surface area contributed by atoms with Crippen LogP contribution in [0.3, 0.4) is 0 Å². The standard InChI is InChI=1S/C31H37ClFN3O4S/c1-23(2)21-34-31(38)29(20-24-10-5-4-6-11-24)35(22-25-15-17-26(32)18-16-25)30(37)14-9-19-36(41(3,39)40)28-13-8-7-12-27(28)33/h4-8,10-13,15-18,23,29H,9,14,19-22H2,1-3H3,(H,34,38)/t29-/m1/s1. The molecule has 0 saturated heterocycles. The van der Waals surface area contributed by atoms with Crippen LogP contribution < -0.4 is 9.62 Å². The molecule has 0 aliphatic heterocycles. The molecule has 10 heteroatoms. The number of halogens is 2. The largest absolute Gasteiger partial charge is 0.354 e. The highest BCUT2D eigenvalue weighted by Crippen LogP contribution is 2.23. The third kappa shape index (κ3) is 9.86. The lowest BCUT2D eigenvalue weighted by atomic mass is 10.0. The summed E-state index contributed by atoms with van der Waals surface area (Å²) in [5.74, 6) is -1.04. The molecule has 0 fully saturated rings. The first-order valence-electron chi connectivity index (χ1n) is 13.5. The van der Waals surface area contributed by atoms with Gasteiger partial charge in [-0.15, -0.1) is 0 Å². The zero-order chi connectivity index (χ0) is 30.0. The maximum Gasteiger partial charge on any atom is 0.243 e. The van der Waals surface area contributed by atoms with Crippen LogP contribution in [-0.2, 0) is 32.6 Å². The van der Waals surface area contributed by atoms with Crippen LogP contribution >= 0.6 is 11.6 Å². The molecule has 0 spiro atoms. The molecule has 220 valence electrons. The Hall–Kier alpha value is -3.43. The Morgan fingerprint density at radius 2 is 1.56 bits per heavy atom. The van der Waals surface area contributed by atoms with E-state index in [4.69, 9.17) is 11.6 Å². The molecule has 1 N–H and O–H groups in total. The second-order valence-electron chi connectivity index (χ2n) is 10.4. The number of sulfonamides is 1. The third-order valence-corrected chi connectivity index (χ3v) is 7.93. The number of anilines is 1. The quantitative estimate of drug-likeness (QED) is 0.267. The zero-order valence-electron chi connectivity index (χ0n) is 23.6. The van der Waals surface area contributed by atoms with Crippen LogP contribution in [0.4, 0.5) is 10.1 Å². The van der Waals surface area contributed by atoms with E-state index in [1.54, 1.807) is 35.2 Å². The van der Waals surface area contributed by atoms with Crippen molar-refractivity contribution in [1.82, 2.24) is 10.2 Å². The van der Waals surface area contributed by atoms with Crippen molar-refractivity contribution in [2.75, 3.05) is 23.7 Å². The van der Waals surface area contributed by atoms with E-state index in [2.05, 4.69) is 5.32 Å². The third-order valence-electron chi connectivity index (χ3n) is 6.50. The molecule has 7 nitrogen and oxygen atoms in total. The van der Waals surface area contributed by atoms with Gasteiger partial charge in [0.25, 0.3) is 0 Å². The van der Waals surface area contributed by atoms with Gasteiger partial charge < -0.3 is 10.2 Å². The number of para-hydroxylation sites is 1. The minimum atomic E-state index is -3.81. The topological polar surface area (TPSA) is 86.8 Å². The number of nitrogens with one attached hydrogen (secondary N) is 1. The van der Waals surface area contributed by atoms with Crippen molar-refractivity contribution < 1.29 is 22.4 Å². The van der Waals surface area contributed by atoms with E-state index in [1.807, 2.05) is 44.2 Å². The van der Waals surface area contributed by atoms with Gasteiger partial charge in [-0.05, 0) is 47.7 Å². The van der Waals surface area contributed by atoms with Gasteiger partial charge in [-0.1, -0.05) is 80.0 Å². The molecule has 41 heavy (non-hydrogen) atoms. The van der Waals surface area contributed by atoms with E-state index in [1.165, 1.54) is 18.2 Å². The van der Waals surface area contributed by atoms with Crippen LogP contribution in [0.1, 0.15) is 37.8 Å². The summed E-state index contributed by atoms with van der Waals surface area (Å²) in [7, 11) is -3.81. The SMILES string of the molecule is CC(C)CNC(=O)[C@@H](Cc1ccccc1)N(Cc1ccc(Cl)cc1)C(=O)CCCN(c1ccccc1F)S(C)(=O)=O. The Bertz CT molecular complexity index is 1400. The molecule has 3 aromatic carbocycles. The van der Waals surface area contributed by atoms with Crippen molar-refractivity contribution in [3.05, 3.63) is 101 Å². The molecule has 3 rings (SSSR count). The first kappa shape index (κ1) is 32.1. The summed E-state index contributed by atoms with van der Waals surface area (Å²) in [6.07, 6.45) is 1.39. The lowest BCUT2D eigenvalue weighted by Gasteiger charge is -2.32. The summed E-state index contributed by atoms with van der Waals surface area (Å²) in [5, 5.41) is 3.52. The molecule has 0 saturated carbocycles. The number of hydrogen-bond donors (Lipinski definition) is 1. The molecule has 0 radical (unpaired) electrons. The van der Waals surface area contributed by atoms with E-state index in [9.17, 15) is 22.4 Å². The van der Waals surface area contributed by atoms with Gasteiger partial charge in [0.15, 0.2) is 0 Å². The highest BCUT2D eigenvalue weighted by atomic mass is 35.5. The molecule has 0 bridgehead atoms. The van der Waals surface area contributed by atoms with Gasteiger partial charge in [-0.25, -0.2) is 12.8 Å². The van der Waals surface area contributed by atoms with Gasteiger partial charge >= 0.3 is 0 Å². The molecule has 1 atom stereocenters. The van der Waals surface area contributed by atoms with Crippen LogP contribution in [0, 0.1) is 11.7 Å². The fourth-order valence-corrected chi connectivity index (χ4v) is 5.49. The lowest BCUT2D eigenvalue weighted by molar-refractivity contribution is -0.141. The minimum Gasteiger partial charge on any atom is -0.354 e. The molecule has 0 aliphatic carbocycles. The number of carbonyl (C=O) groups excluding carboxylic acids is 2. The summed E-state index contributed by atoms with van der Waals surface area (Å²) < 4.78 is 40.4. The fourth-order valence-electron chi connectivity index (χ4n) is 4.40. The Morgan fingerprint density at radius 3 is 2.17 bits per heavy atom. The normalized spacial score (nSPS) is 12.1. The smallest absolute Gasteiger partial charge is 0.243 e. The van der Waals surface area contributed by atoms with Gasteiger partial charge in [-0.3, -0.25) is 13.9 Å². The van der Waals surface area contributed by atoms with Crippen LogP contribution in [0.25, 0.3) is 0 Å². The second-order valence-corrected chi connectivity index (χ2v) is 12.7. The number of rotatable bonds is 14. The summed E-state index contributed by atoms with van der Waals surface area (Å²) in [4.78, 5) is 28.9. The van der Waals surface area contributed by atoms with Crippen molar-refractivity contribution in [3.8, 4) is 0 Å². The molecule has 0 aromatic heterocycles. The van der Waals surface area contributed by atoms with Crippen molar-refractivity contribution in [2.24, 2.45) is 5.92 Å². The highest BCUT2D eigenvalue weighted by molar-refractivity contribution is 7.92. The van der Waals surface area contributed by atoms with E-state index in [0.29, 0.717) is 18.0 Å². The predicted octanol–water partition coefficient (Wildman–Crippen LogP) is 5.44. The average molecular weight is 602 g/mol. The van der Waals surface area contributed by atoms with Gasteiger partial charge in [0.1, 0.15) is 11.9 Å². The van der Waals surface area contributed by atoms with Crippen molar-refractivity contribution in [2.45, 2.75) is 45.7 Å². The zero-order valence-corrected chi connectivity index (χ0v) is 25.2. The predicted molar refractivity (Wildman–Crippen MR) is 162 cm³/mol. The van der Waals surface area contributed by atoms with Crippen LogP contribution in [-0.4, -0.2) is 50.5 Å². The first-order chi connectivity index (χ1) is 19.5. The van der Waals surface area contributed by atoms with Crippen LogP contribution in [0.5, 0.6) is 0 Å². The van der Waals surface area contributed by atoms with Crippen molar-refractivity contribution in [3.63, 3.8) is 0 Å². The summed E-state index contributed by atoms with van der Waals surface area (Å²) in [5.41, 5.74) is 1.62. The number of nitrogens with zero attached hydrogens (tertiary/aromatic N) is 2. The van der Waals surface area contributed by atoms with Gasteiger partial charge in [0.2, 0.25) is 21.8 Å². The molecule has 2 amide bonds. The van der Waals surface area contributed by atoms with Crippen LogP contribution in [0.15, 0.2) is 78.9 Å². The van der Waals surface area contributed by atoms with Gasteiger partial charge in [0, 0.05) is 37.5 Å². The lowest BCUT2D eigenvalue weighted by Crippen LogP contribution is -2.51. The second kappa shape index (κ2) is 15.0. The summed E-state index contributed by atoms with van der Waals surface area (Å²) >= 11 is 6.07. The van der Waals surface area contributed by atoms with Crippen LogP contribution in [0.2, 0.25) is 5.02 Å². The maximum atomic E-state index is 14.5. The summed E-state index contributed by atoms with van der Waals surface area (Å²) in [6, 6.07) is 21.3. The van der Waals surface area contributed by atoms with Crippen molar-refractivity contribution >= 4 is 39.1 Å². The molecule has 0 unspecified atom stereocenters. The van der Waals surface area contributed by atoms with E-state index < -0.39 is 21.9 Å². The average Bonchev–Trinajstić information content (AvgIpc) is 2.93. The fraction of sp³-hybridized carbons (Fsp3) is 0.355. The molecule has 0 heterocycles. The molecule has 0 aliphatic rings. The molecular formula is C31H37ClFN3O4S. The maximum absolute atomic E-state index is 14.5. The first-order valence-corrected chi connectivity index (χ1v) is 15.8. The highest BCUT2D eigenvalue weighted by Gasteiger charge is 2.30. The molecular weight excluding hydrogens is 565 g/mol. The Balaban J connectivity index is 1.88. The number of carbonyl (C=O) groups is 2. The number of hydrogen-bond acceptors (Lipinski definition) is 4. The number of benzene rings is 3. The Kier molecular flexibility index (Phi) is 11.7. The Labute approximate surface area is 247 Å². The van der Waals surface area contributed by atoms with E-state index in [-0.39, 0.29) is 49.4 Å². The van der Waals surface area contributed by atoms with E-state index in [0.717, 1.165) is 21.7 Å². The molecule has 3 aromatic rings. The minimum absolute atomic E-state index is 0.0448. The monoisotopic (exact) mass is 601 g/mol. The van der Waals surface area contributed by atoms with Gasteiger partial charge in [-0.2, -0.15) is 0 Å².